The summed E-state index contributed by atoms with van der Waals surface area (Å²) in [5.74, 6) is -1.35. The third-order valence-electron chi connectivity index (χ3n) is 2.85. The highest BCUT2D eigenvalue weighted by Crippen LogP contribution is 2.27. The number of fused-ring (bicyclic) bond motifs is 1. The zero-order valence-corrected chi connectivity index (χ0v) is 14.3. The second-order valence-corrected chi connectivity index (χ2v) is 6.69. The van der Waals surface area contributed by atoms with Gasteiger partial charge in [0.25, 0.3) is 0 Å². The molecule has 1 aromatic heterocycles. The number of rotatable bonds is 1. The summed E-state index contributed by atoms with van der Waals surface area (Å²) < 4.78 is 31.2. The van der Waals surface area contributed by atoms with Crippen molar-refractivity contribution in [2.24, 2.45) is 0 Å². The van der Waals surface area contributed by atoms with Crippen LogP contribution in [0.2, 0.25) is 0 Å². The number of hydrogen-bond donors (Lipinski definition) is 1. The molecule has 0 saturated heterocycles. The summed E-state index contributed by atoms with van der Waals surface area (Å²) in [6, 6.07) is 7.94. The number of imidazole rings is 1. The van der Waals surface area contributed by atoms with Crippen molar-refractivity contribution in [3.05, 3.63) is 54.8 Å². The molecule has 0 aliphatic rings. The normalized spacial score (nSPS) is 11.2. The molecule has 3 aromatic rings. The zero-order valence-electron chi connectivity index (χ0n) is 9.75. The monoisotopic (exact) mass is 466 g/mol. The van der Waals surface area contributed by atoms with Gasteiger partial charge in [-0.15, -0.1) is 0 Å². The minimum absolute atomic E-state index is 0.175. The molecule has 0 amide bonds. The predicted octanol–water partition coefficient (Wildman–Crippen LogP) is 5.33. The summed E-state index contributed by atoms with van der Waals surface area (Å²) in [4.78, 5) is 2.96. The molecular formula is C13H6BrF2IN2S. The molecular weight excluding hydrogens is 461 g/mol. The first-order valence-corrected chi connectivity index (χ1v) is 7.80. The summed E-state index contributed by atoms with van der Waals surface area (Å²) in [7, 11) is 0. The van der Waals surface area contributed by atoms with Crippen molar-refractivity contribution in [1.29, 1.82) is 0 Å². The highest BCUT2D eigenvalue weighted by molar-refractivity contribution is 14.1. The van der Waals surface area contributed by atoms with Gasteiger partial charge in [-0.3, -0.25) is 4.57 Å². The Labute approximate surface area is 140 Å². The van der Waals surface area contributed by atoms with Crippen LogP contribution in [0, 0.1) is 20.0 Å². The lowest BCUT2D eigenvalue weighted by atomic mass is 10.2. The molecule has 0 unspecified atom stereocenters. The fourth-order valence-corrected chi connectivity index (χ4v) is 3.25. The maximum absolute atomic E-state index is 14.1. The molecule has 0 fully saturated rings. The van der Waals surface area contributed by atoms with E-state index >= 15 is 0 Å². The number of benzene rings is 2. The van der Waals surface area contributed by atoms with Gasteiger partial charge < -0.3 is 4.98 Å². The Kier molecular flexibility index (Phi) is 3.67. The molecule has 0 radical (unpaired) electrons. The standard InChI is InChI=1S/C13H6BrF2IN2S/c14-6-3-8(15)12(9(16)4-6)19-11-2-1-7(17)5-10(11)18-13(19)20/h1-5H,(H,18,20). The summed E-state index contributed by atoms with van der Waals surface area (Å²) in [5, 5.41) is 0. The summed E-state index contributed by atoms with van der Waals surface area (Å²) in [6.07, 6.45) is 0. The SMILES string of the molecule is Fc1cc(Br)cc(F)c1-n1c(=S)[nH]c2cc(I)ccc21. The highest BCUT2D eigenvalue weighted by Gasteiger charge is 2.16. The quantitative estimate of drug-likeness (QED) is 0.379. The van der Waals surface area contributed by atoms with Crippen LogP contribution in [0.5, 0.6) is 0 Å². The molecule has 7 heteroatoms. The third kappa shape index (κ3) is 2.31. The van der Waals surface area contributed by atoms with Gasteiger partial charge in [0.1, 0.15) is 5.69 Å². The number of nitrogens with zero attached hydrogens (tertiary/aromatic N) is 1. The first-order chi connectivity index (χ1) is 9.47. The largest absolute Gasteiger partial charge is 0.330 e. The third-order valence-corrected chi connectivity index (χ3v) is 4.26. The van der Waals surface area contributed by atoms with Gasteiger partial charge in [0.05, 0.1) is 11.0 Å². The molecule has 0 aliphatic heterocycles. The van der Waals surface area contributed by atoms with Crippen molar-refractivity contribution in [2.45, 2.75) is 0 Å². The van der Waals surface area contributed by atoms with Gasteiger partial charge in [-0.2, -0.15) is 0 Å². The fraction of sp³-hybridized carbons (Fsp3) is 0. The summed E-state index contributed by atoms with van der Waals surface area (Å²) in [5.41, 5.74) is 1.20. The second-order valence-electron chi connectivity index (χ2n) is 4.15. The van der Waals surface area contributed by atoms with Crippen LogP contribution in [-0.4, -0.2) is 9.55 Å². The zero-order chi connectivity index (χ0) is 14.4. The van der Waals surface area contributed by atoms with Crippen LogP contribution in [0.1, 0.15) is 0 Å². The van der Waals surface area contributed by atoms with Gasteiger partial charge in [0.15, 0.2) is 16.4 Å². The summed E-state index contributed by atoms with van der Waals surface area (Å²) >= 11 is 10.4. The van der Waals surface area contributed by atoms with Crippen molar-refractivity contribution >= 4 is 61.8 Å². The van der Waals surface area contributed by atoms with Crippen LogP contribution in [0.15, 0.2) is 34.8 Å². The average Bonchev–Trinajstić information content (AvgIpc) is 2.64. The maximum Gasteiger partial charge on any atom is 0.182 e. The lowest BCUT2D eigenvalue weighted by molar-refractivity contribution is 0.569. The number of aromatic nitrogens is 2. The molecule has 0 aliphatic carbocycles. The molecule has 102 valence electrons. The van der Waals surface area contributed by atoms with Gasteiger partial charge in [0, 0.05) is 8.04 Å². The van der Waals surface area contributed by atoms with E-state index in [4.69, 9.17) is 12.2 Å². The van der Waals surface area contributed by atoms with E-state index < -0.39 is 11.6 Å². The van der Waals surface area contributed by atoms with E-state index in [1.54, 1.807) is 6.07 Å². The van der Waals surface area contributed by atoms with E-state index in [1.807, 2.05) is 12.1 Å². The molecule has 0 bridgehead atoms. The van der Waals surface area contributed by atoms with Crippen molar-refractivity contribution < 1.29 is 8.78 Å². The van der Waals surface area contributed by atoms with Gasteiger partial charge >= 0.3 is 0 Å². The van der Waals surface area contributed by atoms with Crippen molar-refractivity contribution in [3.63, 3.8) is 0 Å². The Bertz CT molecular complexity index is 865. The molecule has 20 heavy (non-hydrogen) atoms. The van der Waals surface area contributed by atoms with Gasteiger partial charge in [-0.25, -0.2) is 8.78 Å². The van der Waals surface area contributed by atoms with Crippen molar-refractivity contribution in [3.8, 4) is 5.69 Å². The van der Waals surface area contributed by atoms with Crippen LogP contribution in [-0.2, 0) is 0 Å². The van der Waals surface area contributed by atoms with Crippen LogP contribution in [0.4, 0.5) is 8.78 Å². The van der Waals surface area contributed by atoms with Gasteiger partial charge in [-0.05, 0) is 65.1 Å². The van der Waals surface area contributed by atoms with E-state index in [-0.39, 0.29) is 10.5 Å². The van der Waals surface area contributed by atoms with Crippen LogP contribution in [0.3, 0.4) is 0 Å². The minimum Gasteiger partial charge on any atom is -0.330 e. The Morgan fingerprint density at radius 2 is 1.80 bits per heavy atom. The first-order valence-electron chi connectivity index (χ1n) is 5.52. The lowest BCUT2D eigenvalue weighted by Crippen LogP contribution is -2.01. The van der Waals surface area contributed by atoms with E-state index in [0.717, 1.165) is 9.09 Å². The van der Waals surface area contributed by atoms with Crippen molar-refractivity contribution in [1.82, 2.24) is 9.55 Å². The number of halogens is 4. The van der Waals surface area contributed by atoms with E-state index in [0.29, 0.717) is 9.99 Å². The van der Waals surface area contributed by atoms with Gasteiger partial charge in [0.2, 0.25) is 0 Å². The Balaban J connectivity index is 2.41. The molecule has 2 nitrogen and oxygen atoms in total. The van der Waals surface area contributed by atoms with Gasteiger partial charge in [-0.1, -0.05) is 15.9 Å². The summed E-state index contributed by atoms with van der Waals surface area (Å²) in [6.45, 7) is 0. The van der Waals surface area contributed by atoms with E-state index in [9.17, 15) is 8.78 Å². The van der Waals surface area contributed by atoms with Crippen LogP contribution in [0.25, 0.3) is 16.7 Å². The van der Waals surface area contributed by atoms with E-state index in [1.165, 1.54) is 16.7 Å². The molecule has 2 aromatic carbocycles. The topological polar surface area (TPSA) is 20.7 Å². The maximum atomic E-state index is 14.1. The molecule has 0 atom stereocenters. The Morgan fingerprint density at radius 1 is 1.15 bits per heavy atom. The lowest BCUT2D eigenvalue weighted by Gasteiger charge is -2.08. The molecule has 0 saturated carbocycles. The minimum atomic E-state index is -0.674. The molecule has 1 N–H and O–H groups in total. The molecule has 1 heterocycles. The van der Waals surface area contributed by atoms with Crippen LogP contribution >= 0.6 is 50.7 Å². The van der Waals surface area contributed by atoms with E-state index in [2.05, 4.69) is 43.5 Å². The number of hydrogen-bond acceptors (Lipinski definition) is 1. The van der Waals surface area contributed by atoms with Crippen LogP contribution < -0.4 is 0 Å². The Morgan fingerprint density at radius 3 is 2.45 bits per heavy atom. The number of H-pyrrole nitrogens is 1. The predicted molar refractivity (Wildman–Crippen MR) is 88.8 cm³/mol. The second kappa shape index (κ2) is 5.19. The molecule has 3 rings (SSSR count). The highest BCUT2D eigenvalue weighted by atomic mass is 127. The Hall–Kier alpha value is -0.800. The number of aromatic amines is 1. The smallest absolute Gasteiger partial charge is 0.182 e. The molecule has 0 spiro atoms. The fourth-order valence-electron chi connectivity index (χ4n) is 2.05. The first kappa shape index (κ1) is 14.2. The average molecular weight is 467 g/mol. The number of nitrogens with one attached hydrogen (secondary N) is 1. The van der Waals surface area contributed by atoms with Crippen molar-refractivity contribution in [2.75, 3.05) is 0 Å².